The van der Waals surface area contributed by atoms with Crippen molar-refractivity contribution in [1.82, 2.24) is 0 Å². The van der Waals surface area contributed by atoms with E-state index in [1.165, 1.54) is 12.1 Å². The maximum atomic E-state index is 12.9. The number of nitrogens with one attached hydrogen (secondary N) is 2. The number of sulfonamides is 1. The molecule has 0 aliphatic heterocycles. The summed E-state index contributed by atoms with van der Waals surface area (Å²) in [5.74, 6) is 0.314. The zero-order valence-electron chi connectivity index (χ0n) is 19.9. The normalized spacial score (nSPS) is 12.2. The van der Waals surface area contributed by atoms with Gasteiger partial charge in [0.1, 0.15) is 5.75 Å². The van der Waals surface area contributed by atoms with Gasteiger partial charge in [-0.1, -0.05) is 55.5 Å². The molecular formula is C28H28N2O4S. The number of anilines is 2. The van der Waals surface area contributed by atoms with Crippen molar-refractivity contribution in [2.75, 3.05) is 10.0 Å². The van der Waals surface area contributed by atoms with Crippen LogP contribution in [0.25, 0.3) is 10.8 Å². The molecule has 4 aromatic rings. The number of hydrogen-bond donors (Lipinski definition) is 2. The molecule has 0 aromatic heterocycles. The molecule has 6 nitrogen and oxygen atoms in total. The number of amides is 1. The monoisotopic (exact) mass is 488 g/mol. The molecule has 0 fully saturated rings. The Balaban J connectivity index is 1.44. The van der Waals surface area contributed by atoms with Crippen LogP contribution >= 0.6 is 0 Å². The molecule has 0 spiro atoms. The Labute approximate surface area is 206 Å². The van der Waals surface area contributed by atoms with Gasteiger partial charge < -0.3 is 10.1 Å². The van der Waals surface area contributed by atoms with Crippen molar-refractivity contribution < 1.29 is 17.9 Å². The minimum atomic E-state index is -3.77. The largest absolute Gasteiger partial charge is 0.481 e. The average Bonchev–Trinajstić information content (AvgIpc) is 2.85. The number of hydrogen-bond acceptors (Lipinski definition) is 4. The standard InChI is InChI=1S/C28H28N2O4S/c1-4-26(34-24-15-12-21-10-5-6-11-22(21)18-24)28(31)29-23-13-16-25(17-14-23)35(32,33)30-27-19(2)8-7-9-20(27)3/h5-18,26,30H,4H2,1-3H3,(H,29,31). The molecule has 0 aliphatic rings. The highest BCUT2D eigenvalue weighted by molar-refractivity contribution is 7.92. The number of fused-ring (bicyclic) bond motifs is 1. The zero-order chi connectivity index (χ0) is 25.0. The lowest BCUT2D eigenvalue weighted by molar-refractivity contribution is -0.122. The van der Waals surface area contributed by atoms with Crippen LogP contribution in [-0.4, -0.2) is 20.4 Å². The van der Waals surface area contributed by atoms with E-state index < -0.39 is 16.1 Å². The molecule has 1 atom stereocenters. The summed E-state index contributed by atoms with van der Waals surface area (Å²) in [4.78, 5) is 13.0. The van der Waals surface area contributed by atoms with E-state index in [1.54, 1.807) is 12.1 Å². The van der Waals surface area contributed by atoms with Crippen LogP contribution in [0.3, 0.4) is 0 Å². The third-order valence-corrected chi connectivity index (χ3v) is 7.18. The summed E-state index contributed by atoms with van der Waals surface area (Å²) in [6, 6.07) is 25.3. The molecular weight excluding hydrogens is 460 g/mol. The average molecular weight is 489 g/mol. The van der Waals surface area contributed by atoms with E-state index in [4.69, 9.17) is 4.74 Å². The van der Waals surface area contributed by atoms with Crippen LogP contribution in [0.2, 0.25) is 0 Å². The van der Waals surface area contributed by atoms with Crippen LogP contribution in [0.1, 0.15) is 24.5 Å². The summed E-state index contributed by atoms with van der Waals surface area (Å²) in [7, 11) is -3.77. The zero-order valence-corrected chi connectivity index (χ0v) is 20.7. The molecule has 0 bridgehead atoms. The number of benzene rings is 4. The van der Waals surface area contributed by atoms with Crippen molar-refractivity contribution >= 4 is 38.1 Å². The predicted octanol–water partition coefficient (Wildman–Crippen LogP) is 6.05. The molecule has 35 heavy (non-hydrogen) atoms. The summed E-state index contributed by atoms with van der Waals surface area (Å²) in [5.41, 5.74) is 2.74. The second-order valence-electron chi connectivity index (χ2n) is 8.41. The molecule has 1 unspecified atom stereocenters. The van der Waals surface area contributed by atoms with Crippen LogP contribution in [0.4, 0.5) is 11.4 Å². The molecule has 2 N–H and O–H groups in total. The Morgan fingerprint density at radius 3 is 2.17 bits per heavy atom. The Morgan fingerprint density at radius 1 is 0.857 bits per heavy atom. The van der Waals surface area contributed by atoms with Gasteiger partial charge in [0.15, 0.2) is 6.10 Å². The molecule has 0 heterocycles. The van der Waals surface area contributed by atoms with Gasteiger partial charge in [0.2, 0.25) is 0 Å². The van der Waals surface area contributed by atoms with Gasteiger partial charge >= 0.3 is 0 Å². The van der Waals surface area contributed by atoms with E-state index in [9.17, 15) is 13.2 Å². The molecule has 0 saturated heterocycles. The lowest BCUT2D eigenvalue weighted by Gasteiger charge is -2.18. The SMILES string of the molecule is CCC(Oc1ccc2ccccc2c1)C(=O)Nc1ccc(S(=O)(=O)Nc2c(C)cccc2C)cc1. The summed E-state index contributed by atoms with van der Waals surface area (Å²) >= 11 is 0. The molecule has 0 aliphatic carbocycles. The van der Waals surface area contributed by atoms with Gasteiger partial charge in [-0.2, -0.15) is 0 Å². The van der Waals surface area contributed by atoms with Crippen molar-refractivity contribution in [3.05, 3.63) is 96.1 Å². The smallest absolute Gasteiger partial charge is 0.265 e. The highest BCUT2D eigenvalue weighted by atomic mass is 32.2. The third-order valence-electron chi connectivity index (χ3n) is 5.81. The Bertz CT molecular complexity index is 1440. The number of aryl methyl sites for hydroxylation is 2. The van der Waals surface area contributed by atoms with Crippen LogP contribution < -0.4 is 14.8 Å². The fourth-order valence-corrected chi connectivity index (χ4v) is 5.04. The molecule has 0 saturated carbocycles. The van der Waals surface area contributed by atoms with Crippen molar-refractivity contribution in [3.8, 4) is 5.75 Å². The van der Waals surface area contributed by atoms with Gasteiger partial charge in [0.05, 0.1) is 10.6 Å². The van der Waals surface area contributed by atoms with Gasteiger partial charge in [-0.3, -0.25) is 9.52 Å². The van der Waals surface area contributed by atoms with Gasteiger partial charge in [0, 0.05) is 5.69 Å². The van der Waals surface area contributed by atoms with Crippen molar-refractivity contribution in [1.29, 1.82) is 0 Å². The lowest BCUT2D eigenvalue weighted by atomic mass is 10.1. The summed E-state index contributed by atoms with van der Waals surface area (Å²) in [6.07, 6.45) is -0.213. The Hall–Kier alpha value is -3.84. The van der Waals surface area contributed by atoms with Gasteiger partial charge in [-0.05, 0) is 78.6 Å². The minimum Gasteiger partial charge on any atom is -0.481 e. The summed E-state index contributed by atoms with van der Waals surface area (Å²) in [5, 5.41) is 4.95. The van der Waals surface area contributed by atoms with Gasteiger partial charge in [0.25, 0.3) is 15.9 Å². The number of rotatable bonds is 8. The molecule has 1 amide bonds. The Morgan fingerprint density at radius 2 is 1.51 bits per heavy atom. The summed E-state index contributed by atoms with van der Waals surface area (Å²) < 4.78 is 34.4. The first-order chi connectivity index (χ1) is 16.8. The Kier molecular flexibility index (Phi) is 7.07. The molecule has 180 valence electrons. The van der Waals surface area contributed by atoms with Crippen molar-refractivity contribution in [2.45, 2.75) is 38.2 Å². The first kappa shape index (κ1) is 24.3. The highest BCUT2D eigenvalue weighted by Gasteiger charge is 2.20. The van der Waals surface area contributed by atoms with E-state index >= 15 is 0 Å². The molecule has 4 rings (SSSR count). The molecule has 7 heteroatoms. The quantitative estimate of drug-likeness (QED) is 0.316. The summed E-state index contributed by atoms with van der Waals surface area (Å²) in [6.45, 7) is 5.58. The van der Waals surface area contributed by atoms with E-state index in [1.807, 2.05) is 81.4 Å². The van der Waals surface area contributed by atoms with E-state index in [0.717, 1.165) is 21.9 Å². The second kappa shape index (κ2) is 10.2. The fourth-order valence-electron chi connectivity index (χ4n) is 3.84. The first-order valence-corrected chi connectivity index (χ1v) is 12.9. The fraction of sp³-hybridized carbons (Fsp3) is 0.179. The van der Waals surface area contributed by atoms with Crippen LogP contribution in [0.5, 0.6) is 5.75 Å². The number of ether oxygens (including phenoxy) is 1. The van der Waals surface area contributed by atoms with Crippen LogP contribution in [0.15, 0.2) is 89.8 Å². The first-order valence-electron chi connectivity index (χ1n) is 11.4. The number of para-hydroxylation sites is 1. The topological polar surface area (TPSA) is 84.5 Å². The van der Waals surface area contributed by atoms with Crippen molar-refractivity contribution in [3.63, 3.8) is 0 Å². The molecule has 0 radical (unpaired) electrons. The number of carbonyl (C=O) groups excluding carboxylic acids is 1. The predicted molar refractivity (Wildman–Crippen MR) is 140 cm³/mol. The third kappa shape index (κ3) is 5.63. The van der Waals surface area contributed by atoms with E-state index in [-0.39, 0.29) is 10.8 Å². The minimum absolute atomic E-state index is 0.109. The maximum Gasteiger partial charge on any atom is 0.265 e. The van der Waals surface area contributed by atoms with Gasteiger partial charge in [-0.15, -0.1) is 0 Å². The van der Waals surface area contributed by atoms with Crippen molar-refractivity contribution in [2.24, 2.45) is 0 Å². The van der Waals surface area contributed by atoms with Crippen LogP contribution in [-0.2, 0) is 14.8 Å². The van der Waals surface area contributed by atoms with E-state index in [0.29, 0.717) is 23.5 Å². The van der Waals surface area contributed by atoms with Crippen LogP contribution in [0, 0.1) is 13.8 Å². The van der Waals surface area contributed by atoms with Gasteiger partial charge in [-0.25, -0.2) is 8.42 Å². The van der Waals surface area contributed by atoms with E-state index in [2.05, 4.69) is 10.0 Å². The lowest BCUT2D eigenvalue weighted by Crippen LogP contribution is -2.32. The second-order valence-corrected chi connectivity index (χ2v) is 10.1. The maximum absolute atomic E-state index is 12.9. The number of carbonyl (C=O) groups is 1. The molecule has 4 aromatic carbocycles. The highest BCUT2D eigenvalue weighted by Crippen LogP contribution is 2.25.